The van der Waals surface area contributed by atoms with Gasteiger partial charge in [-0.1, -0.05) is 18.8 Å². The molecule has 1 rings (SSSR count). The molecule has 1 unspecified atom stereocenters. The van der Waals surface area contributed by atoms with Crippen molar-refractivity contribution in [1.29, 1.82) is 0 Å². The van der Waals surface area contributed by atoms with E-state index in [0.29, 0.717) is 5.75 Å². The summed E-state index contributed by atoms with van der Waals surface area (Å²) in [6, 6.07) is 3.45. The second kappa shape index (κ2) is 8.24. The highest BCUT2D eigenvalue weighted by Crippen LogP contribution is 2.15. The van der Waals surface area contributed by atoms with Crippen molar-refractivity contribution >= 4 is 20.8 Å². The predicted octanol–water partition coefficient (Wildman–Crippen LogP) is 0.216. The molecule has 0 saturated carbocycles. The Labute approximate surface area is 126 Å². The first-order valence-corrected chi connectivity index (χ1v) is 9.11. The molecule has 0 heterocycles. The Balaban J connectivity index is 2.86. The van der Waals surface area contributed by atoms with E-state index in [1.54, 1.807) is 6.92 Å². The molecule has 0 spiro atoms. The van der Waals surface area contributed by atoms with Crippen LogP contribution in [-0.2, 0) is 20.8 Å². The second-order valence-corrected chi connectivity index (χ2v) is 7.54. The lowest BCUT2D eigenvalue weighted by molar-refractivity contribution is 0.350. The summed E-state index contributed by atoms with van der Waals surface area (Å²) < 4.78 is 51.1. The summed E-state index contributed by atoms with van der Waals surface area (Å²) in [4.78, 5) is -0.487. The number of halogens is 1. The Hall–Kier alpha value is -1.27. The minimum atomic E-state index is -3.99. The lowest BCUT2D eigenvalue weighted by Gasteiger charge is -2.07. The number of aliphatic hydroxyl groups is 1. The highest BCUT2D eigenvalue weighted by atomic mass is 32.2. The van der Waals surface area contributed by atoms with E-state index in [4.69, 9.17) is 5.11 Å². The fourth-order valence-electron chi connectivity index (χ4n) is 1.45. The van der Waals surface area contributed by atoms with E-state index in [1.165, 1.54) is 6.07 Å². The van der Waals surface area contributed by atoms with Crippen LogP contribution in [0.1, 0.15) is 12.5 Å². The summed E-state index contributed by atoms with van der Waals surface area (Å²) in [6.07, 6.45) is 0. The van der Waals surface area contributed by atoms with Gasteiger partial charge in [-0.25, -0.2) is 17.5 Å². The van der Waals surface area contributed by atoms with Crippen LogP contribution >= 0.6 is 0 Å². The number of hydrogen-bond donors (Lipinski definition) is 2. The van der Waals surface area contributed by atoms with Gasteiger partial charge in [-0.15, -0.1) is 0 Å². The summed E-state index contributed by atoms with van der Waals surface area (Å²) >= 11 is 0. The van der Waals surface area contributed by atoms with Crippen LogP contribution in [0.5, 0.6) is 0 Å². The summed E-state index contributed by atoms with van der Waals surface area (Å²) in [5.74, 6) is 4.52. The normalized spacial score (nSPS) is 12.5. The maximum absolute atomic E-state index is 13.8. The van der Waals surface area contributed by atoms with Crippen molar-refractivity contribution in [2.24, 2.45) is 0 Å². The molecule has 0 radical (unpaired) electrons. The highest BCUT2D eigenvalue weighted by Gasteiger charge is 2.18. The molecule has 8 heteroatoms. The Bertz CT molecular complexity index is 677. The van der Waals surface area contributed by atoms with Gasteiger partial charge in [0.2, 0.25) is 10.0 Å². The topological polar surface area (TPSA) is 83.5 Å². The zero-order chi connectivity index (χ0) is 15.9. The maximum atomic E-state index is 13.8. The van der Waals surface area contributed by atoms with Gasteiger partial charge in [0.15, 0.2) is 0 Å². The predicted molar refractivity (Wildman–Crippen MR) is 79.1 cm³/mol. The van der Waals surface area contributed by atoms with E-state index in [2.05, 4.69) is 16.6 Å². The lowest BCUT2D eigenvalue weighted by atomic mass is 10.2. The number of hydrogen-bond acceptors (Lipinski definition) is 4. The zero-order valence-corrected chi connectivity index (χ0v) is 13.1. The zero-order valence-electron chi connectivity index (χ0n) is 11.4. The molecule has 0 fully saturated rings. The molecule has 0 aliphatic rings. The first-order valence-electron chi connectivity index (χ1n) is 6.14. The molecule has 0 saturated heterocycles. The fourth-order valence-corrected chi connectivity index (χ4v) is 3.29. The van der Waals surface area contributed by atoms with Gasteiger partial charge in [0.05, 0.1) is 0 Å². The molecule has 1 aromatic rings. The Kier molecular flexibility index (Phi) is 6.98. The van der Waals surface area contributed by atoms with E-state index in [9.17, 15) is 17.0 Å². The Morgan fingerprint density at radius 1 is 1.43 bits per heavy atom. The van der Waals surface area contributed by atoms with Crippen LogP contribution in [0.2, 0.25) is 0 Å². The molecule has 0 bridgehead atoms. The van der Waals surface area contributed by atoms with E-state index in [1.807, 2.05) is 0 Å². The summed E-state index contributed by atoms with van der Waals surface area (Å²) in [5.41, 5.74) is 0.271. The average molecular weight is 333 g/mol. The quantitative estimate of drug-likeness (QED) is 0.730. The fraction of sp³-hybridized carbons (Fsp3) is 0.385. The van der Waals surface area contributed by atoms with Crippen molar-refractivity contribution < 1.29 is 22.1 Å². The number of nitrogens with one attached hydrogen (secondary N) is 1. The standard InChI is InChI=1S/C13H16FNO4S2/c1-2-20(17)9-7-15-21(18,19)13-6-5-11(4-3-8-16)10-12(13)14/h5-6,10,15-16H,2,7-9H2,1H3. The van der Waals surface area contributed by atoms with E-state index in [0.717, 1.165) is 12.1 Å². The largest absolute Gasteiger partial charge is 0.384 e. The molecule has 0 aliphatic carbocycles. The Morgan fingerprint density at radius 2 is 2.14 bits per heavy atom. The number of aliphatic hydroxyl groups excluding tert-OH is 1. The van der Waals surface area contributed by atoms with Crippen LogP contribution in [0.4, 0.5) is 4.39 Å². The van der Waals surface area contributed by atoms with Crippen LogP contribution in [0.25, 0.3) is 0 Å². The van der Waals surface area contributed by atoms with Gasteiger partial charge in [-0.3, -0.25) is 4.21 Å². The first kappa shape index (κ1) is 17.8. The van der Waals surface area contributed by atoms with Gasteiger partial charge in [-0.2, -0.15) is 0 Å². The molecule has 116 valence electrons. The van der Waals surface area contributed by atoms with Crippen LogP contribution in [0.3, 0.4) is 0 Å². The van der Waals surface area contributed by atoms with Crippen LogP contribution in [0.15, 0.2) is 23.1 Å². The van der Waals surface area contributed by atoms with Crippen LogP contribution in [-0.4, -0.2) is 42.4 Å². The van der Waals surface area contributed by atoms with Gasteiger partial charge in [0.25, 0.3) is 0 Å². The number of sulfonamides is 1. The third kappa shape index (κ3) is 5.55. The van der Waals surface area contributed by atoms with Gasteiger partial charge >= 0.3 is 0 Å². The number of benzene rings is 1. The first-order chi connectivity index (χ1) is 9.90. The van der Waals surface area contributed by atoms with Crippen molar-refractivity contribution in [3.63, 3.8) is 0 Å². The van der Waals surface area contributed by atoms with E-state index in [-0.39, 0.29) is 24.5 Å². The molecule has 21 heavy (non-hydrogen) atoms. The molecular formula is C13H16FNO4S2. The van der Waals surface area contributed by atoms with Crippen LogP contribution in [0, 0.1) is 17.7 Å². The highest BCUT2D eigenvalue weighted by molar-refractivity contribution is 7.89. The molecule has 2 N–H and O–H groups in total. The molecule has 0 amide bonds. The molecular weight excluding hydrogens is 317 g/mol. The van der Waals surface area contributed by atoms with Gasteiger partial charge in [-0.05, 0) is 18.2 Å². The minimum Gasteiger partial charge on any atom is -0.384 e. The van der Waals surface area contributed by atoms with Crippen molar-refractivity contribution in [2.45, 2.75) is 11.8 Å². The van der Waals surface area contributed by atoms with Crippen molar-refractivity contribution in [2.75, 3.05) is 24.7 Å². The van der Waals surface area contributed by atoms with Crippen molar-refractivity contribution in [3.05, 3.63) is 29.6 Å². The second-order valence-electron chi connectivity index (χ2n) is 3.94. The van der Waals surface area contributed by atoms with Crippen molar-refractivity contribution in [3.8, 4) is 11.8 Å². The summed E-state index contributed by atoms with van der Waals surface area (Å²) in [7, 11) is -5.08. The third-order valence-corrected chi connectivity index (χ3v) is 5.27. The summed E-state index contributed by atoms with van der Waals surface area (Å²) in [5, 5.41) is 8.54. The lowest BCUT2D eigenvalue weighted by Crippen LogP contribution is -2.28. The van der Waals surface area contributed by atoms with Gasteiger partial charge < -0.3 is 5.11 Å². The smallest absolute Gasteiger partial charge is 0.243 e. The molecule has 0 aromatic heterocycles. The molecule has 1 atom stereocenters. The molecule has 1 aromatic carbocycles. The third-order valence-electron chi connectivity index (χ3n) is 2.48. The van der Waals surface area contributed by atoms with Crippen molar-refractivity contribution in [1.82, 2.24) is 4.72 Å². The monoisotopic (exact) mass is 333 g/mol. The van der Waals surface area contributed by atoms with Gasteiger partial charge in [0, 0.05) is 34.4 Å². The number of rotatable bonds is 6. The maximum Gasteiger partial charge on any atom is 0.243 e. The minimum absolute atomic E-state index is 0.0195. The summed E-state index contributed by atoms with van der Waals surface area (Å²) in [6.45, 7) is 1.35. The SMILES string of the molecule is CCS(=O)CCNS(=O)(=O)c1ccc(C#CCO)cc1F. The van der Waals surface area contributed by atoms with E-state index >= 15 is 0 Å². The average Bonchev–Trinajstić information content (AvgIpc) is 2.44. The van der Waals surface area contributed by atoms with Gasteiger partial charge in [0.1, 0.15) is 17.3 Å². The Morgan fingerprint density at radius 3 is 2.71 bits per heavy atom. The molecule has 0 aliphatic heterocycles. The van der Waals surface area contributed by atoms with Crippen LogP contribution < -0.4 is 4.72 Å². The molecule has 5 nitrogen and oxygen atoms in total. The van der Waals surface area contributed by atoms with E-state index < -0.39 is 31.5 Å².